The molecule has 1 rings (SSSR count). The molecule has 0 spiro atoms. The van der Waals surface area contributed by atoms with Crippen molar-refractivity contribution in [3.05, 3.63) is 11.4 Å². The molecule has 0 aliphatic heterocycles. The van der Waals surface area contributed by atoms with Gasteiger partial charge in [0.2, 0.25) is 5.88 Å². The summed E-state index contributed by atoms with van der Waals surface area (Å²) < 4.78 is 5.48. The number of nitrogens with zero attached hydrogens (tertiary/aromatic N) is 2. The topological polar surface area (TPSA) is 47.0 Å². The molecule has 0 aliphatic rings. The number of hydrogen-bond donors (Lipinski definition) is 1. The minimum absolute atomic E-state index is 0.632. The molecule has 0 fully saturated rings. The molecule has 0 amide bonds. The first kappa shape index (κ1) is 11.8. The van der Waals surface area contributed by atoms with Crippen LogP contribution in [0.4, 0.5) is 5.82 Å². The zero-order valence-electron chi connectivity index (χ0n) is 9.92. The fourth-order valence-corrected chi connectivity index (χ4v) is 1.32. The van der Waals surface area contributed by atoms with E-state index in [0.29, 0.717) is 12.5 Å². The molecular formula is C11H19N3O. The van der Waals surface area contributed by atoms with Crippen molar-refractivity contribution < 1.29 is 4.74 Å². The van der Waals surface area contributed by atoms with Crippen LogP contribution >= 0.6 is 0 Å². The maximum absolute atomic E-state index is 5.48. The van der Waals surface area contributed by atoms with Crippen LogP contribution in [-0.4, -0.2) is 23.1 Å². The van der Waals surface area contributed by atoms with E-state index < -0.39 is 0 Å². The summed E-state index contributed by atoms with van der Waals surface area (Å²) in [7, 11) is 0. The Bertz CT molecular complexity index is 299. The van der Waals surface area contributed by atoms with E-state index in [4.69, 9.17) is 4.74 Å². The van der Waals surface area contributed by atoms with Gasteiger partial charge in [-0.2, -0.15) is 4.98 Å². The van der Waals surface area contributed by atoms with Crippen LogP contribution in [0.3, 0.4) is 0 Å². The molecular weight excluding hydrogens is 190 g/mol. The van der Waals surface area contributed by atoms with E-state index in [1.54, 1.807) is 0 Å². The van der Waals surface area contributed by atoms with Crippen LogP contribution in [0.1, 0.15) is 32.2 Å². The highest BCUT2D eigenvalue weighted by Gasteiger charge is 2.09. The fourth-order valence-electron chi connectivity index (χ4n) is 1.32. The van der Waals surface area contributed by atoms with Crippen molar-refractivity contribution in [1.29, 1.82) is 0 Å². The number of aryl methyl sites for hydroxylation is 1. The SMILES string of the molecule is CCNc1nc(CC)nc(OCC)c1C. The van der Waals surface area contributed by atoms with Crippen LogP contribution < -0.4 is 10.1 Å². The van der Waals surface area contributed by atoms with Gasteiger partial charge < -0.3 is 10.1 Å². The largest absolute Gasteiger partial charge is 0.478 e. The first-order valence-corrected chi connectivity index (χ1v) is 5.47. The van der Waals surface area contributed by atoms with Crippen LogP contribution in [0.5, 0.6) is 5.88 Å². The van der Waals surface area contributed by atoms with Crippen molar-refractivity contribution in [2.45, 2.75) is 34.1 Å². The Kier molecular flexibility index (Phi) is 4.34. The lowest BCUT2D eigenvalue weighted by molar-refractivity contribution is 0.322. The molecule has 0 unspecified atom stereocenters. The van der Waals surface area contributed by atoms with Crippen molar-refractivity contribution in [3.63, 3.8) is 0 Å². The second-order valence-corrected chi connectivity index (χ2v) is 3.24. The molecule has 1 aromatic heterocycles. The Hall–Kier alpha value is -1.32. The van der Waals surface area contributed by atoms with Gasteiger partial charge in [0.25, 0.3) is 0 Å². The molecule has 1 aromatic rings. The quantitative estimate of drug-likeness (QED) is 0.807. The minimum Gasteiger partial charge on any atom is -0.478 e. The predicted octanol–water partition coefficient (Wildman–Crippen LogP) is 2.18. The molecule has 0 saturated heterocycles. The van der Waals surface area contributed by atoms with E-state index in [9.17, 15) is 0 Å². The summed E-state index contributed by atoms with van der Waals surface area (Å²) in [6.07, 6.45) is 0.818. The van der Waals surface area contributed by atoms with Crippen molar-refractivity contribution in [3.8, 4) is 5.88 Å². The second kappa shape index (κ2) is 5.53. The van der Waals surface area contributed by atoms with Crippen LogP contribution in [-0.2, 0) is 6.42 Å². The average molecular weight is 209 g/mol. The van der Waals surface area contributed by atoms with Gasteiger partial charge in [0.1, 0.15) is 11.6 Å². The zero-order valence-corrected chi connectivity index (χ0v) is 9.92. The summed E-state index contributed by atoms with van der Waals surface area (Å²) >= 11 is 0. The van der Waals surface area contributed by atoms with Gasteiger partial charge in [-0.25, -0.2) is 4.98 Å². The number of ether oxygens (including phenoxy) is 1. The maximum Gasteiger partial charge on any atom is 0.221 e. The fraction of sp³-hybridized carbons (Fsp3) is 0.636. The van der Waals surface area contributed by atoms with E-state index >= 15 is 0 Å². The Morgan fingerprint density at radius 1 is 1.20 bits per heavy atom. The van der Waals surface area contributed by atoms with Gasteiger partial charge >= 0.3 is 0 Å². The lowest BCUT2D eigenvalue weighted by Gasteiger charge is -2.12. The molecule has 15 heavy (non-hydrogen) atoms. The number of aromatic nitrogens is 2. The third-order valence-corrected chi connectivity index (χ3v) is 2.09. The summed E-state index contributed by atoms with van der Waals surface area (Å²) in [5, 5.41) is 3.22. The van der Waals surface area contributed by atoms with Crippen LogP contribution in [0.25, 0.3) is 0 Å². The van der Waals surface area contributed by atoms with Crippen molar-refractivity contribution >= 4 is 5.82 Å². The van der Waals surface area contributed by atoms with Gasteiger partial charge in [0.05, 0.1) is 12.2 Å². The Morgan fingerprint density at radius 2 is 1.93 bits per heavy atom. The highest BCUT2D eigenvalue weighted by Crippen LogP contribution is 2.21. The molecule has 0 bridgehead atoms. The molecule has 0 aromatic carbocycles. The third kappa shape index (κ3) is 2.81. The number of rotatable bonds is 5. The summed E-state index contributed by atoms with van der Waals surface area (Å²) in [5.41, 5.74) is 0.982. The standard InChI is InChI=1S/C11H19N3O/c1-5-9-13-10(12-6-2)8(4)11(14-9)15-7-3/h5-7H2,1-4H3,(H,12,13,14). The lowest BCUT2D eigenvalue weighted by Crippen LogP contribution is -2.08. The van der Waals surface area contributed by atoms with Crippen LogP contribution in [0.2, 0.25) is 0 Å². The molecule has 0 aliphatic carbocycles. The van der Waals surface area contributed by atoms with Crippen LogP contribution in [0.15, 0.2) is 0 Å². The Labute approximate surface area is 91.1 Å². The number of hydrogen-bond acceptors (Lipinski definition) is 4. The first-order valence-electron chi connectivity index (χ1n) is 5.47. The van der Waals surface area contributed by atoms with Crippen molar-refractivity contribution in [1.82, 2.24) is 9.97 Å². The van der Waals surface area contributed by atoms with Gasteiger partial charge in [-0.05, 0) is 20.8 Å². The monoisotopic (exact) mass is 209 g/mol. The van der Waals surface area contributed by atoms with Gasteiger partial charge in [0.15, 0.2) is 0 Å². The van der Waals surface area contributed by atoms with E-state index in [0.717, 1.165) is 30.2 Å². The molecule has 1 heterocycles. The summed E-state index contributed by atoms with van der Waals surface area (Å²) in [5.74, 6) is 2.40. The molecule has 4 heteroatoms. The highest BCUT2D eigenvalue weighted by atomic mass is 16.5. The lowest BCUT2D eigenvalue weighted by atomic mass is 10.3. The van der Waals surface area contributed by atoms with Gasteiger partial charge in [0, 0.05) is 13.0 Å². The molecule has 1 N–H and O–H groups in total. The predicted molar refractivity (Wildman–Crippen MR) is 61.5 cm³/mol. The molecule has 0 radical (unpaired) electrons. The van der Waals surface area contributed by atoms with E-state index in [1.807, 2.05) is 27.7 Å². The zero-order chi connectivity index (χ0) is 11.3. The van der Waals surface area contributed by atoms with E-state index in [-0.39, 0.29) is 0 Å². The van der Waals surface area contributed by atoms with Crippen molar-refractivity contribution in [2.75, 3.05) is 18.5 Å². The highest BCUT2D eigenvalue weighted by molar-refractivity contribution is 5.48. The summed E-state index contributed by atoms with van der Waals surface area (Å²) in [4.78, 5) is 8.77. The smallest absolute Gasteiger partial charge is 0.221 e. The van der Waals surface area contributed by atoms with Crippen molar-refractivity contribution in [2.24, 2.45) is 0 Å². The maximum atomic E-state index is 5.48. The number of anilines is 1. The molecule has 0 atom stereocenters. The number of nitrogens with one attached hydrogen (secondary N) is 1. The van der Waals surface area contributed by atoms with Gasteiger partial charge in [-0.15, -0.1) is 0 Å². The normalized spacial score (nSPS) is 10.1. The molecule has 4 nitrogen and oxygen atoms in total. The van der Waals surface area contributed by atoms with Gasteiger partial charge in [-0.3, -0.25) is 0 Å². The third-order valence-electron chi connectivity index (χ3n) is 2.09. The molecule has 0 saturated carbocycles. The summed E-state index contributed by atoms with van der Waals surface area (Å²) in [6.45, 7) is 9.51. The van der Waals surface area contributed by atoms with E-state index in [1.165, 1.54) is 0 Å². The first-order chi connectivity index (χ1) is 7.22. The van der Waals surface area contributed by atoms with Gasteiger partial charge in [-0.1, -0.05) is 6.92 Å². The Balaban J connectivity index is 3.08. The Morgan fingerprint density at radius 3 is 2.47 bits per heavy atom. The average Bonchev–Trinajstić information content (AvgIpc) is 2.24. The van der Waals surface area contributed by atoms with E-state index in [2.05, 4.69) is 15.3 Å². The van der Waals surface area contributed by atoms with Crippen LogP contribution in [0, 0.1) is 6.92 Å². The second-order valence-electron chi connectivity index (χ2n) is 3.24. The summed E-state index contributed by atoms with van der Waals surface area (Å²) in [6, 6.07) is 0. The minimum atomic E-state index is 0.632. The molecule has 84 valence electrons.